The summed E-state index contributed by atoms with van der Waals surface area (Å²) in [6, 6.07) is 5.01. The molecule has 146 valence electrons. The number of aryl methyl sites for hydroxylation is 4. The number of benzene rings is 1. The second-order valence-corrected chi connectivity index (χ2v) is 8.01. The van der Waals surface area contributed by atoms with E-state index in [4.69, 9.17) is 9.97 Å². The Hall–Kier alpha value is -2.10. The first kappa shape index (κ1) is 19.7. The average molecular weight is 367 g/mol. The Labute approximate surface area is 164 Å². The number of aromatic nitrogens is 2. The molecule has 3 rings (SSSR count). The molecule has 0 saturated heterocycles. The van der Waals surface area contributed by atoms with Gasteiger partial charge in [0.1, 0.15) is 5.82 Å². The summed E-state index contributed by atoms with van der Waals surface area (Å²) in [7, 11) is 0. The molecule has 0 fully saturated rings. The van der Waals surface area contributed by atoms with Crippen molar-refractivity contribution in [3.8, 4) is 0 Å². The summed E-state index contributed by atoms with van der Waals surface area (Å²) in [6.07, 6.45) is 5.96. The molecule has 2 aromatic rings. The van der Waals surface area contributed by atoms with Gasteiger partial charge >= 0.3 is 0 Å². The number of nitrogens with one attached hydrogen (secondary N) is 1. The van der Waals surface area contributed by atoms with Crippen LogP contribution in [0.5, 0.6) is 0 Å². The van der Waals surface area contributed by atoms with Crippen molar-refractivity contribution in [3.05, 3.63) is 40.1 Å². The zero-order chi connectivity index (χ0) is 19.6. The molecule has 0 saturated carbocycles. The maximum atomic E-state index is 4.98. The fraction of sp³-hybridized carbons (Fsp3) is 0.565. The zero-order valence-electron chi connectivity index (χ0n) is 17.8. The van der Waals surface area contributed by atoms with Crippen LogP contribution < -0.4 is 10.2 Å². The van der Waals surface area contributed by atoms with Crippen molar-refractivity contribution in [1.82, 2.24) is 9.97 Å². The molecular weight excluding hydrogens is 332 g/mol. The molecule has 27 heavy (non-hydrogen) atoms. The Morgan fingerprint density at radius 3 is 2.22 bits per heavy atom. The van der Waals surface area contributed by atoms with Crippen LogP contribution in [-0.4, -0.2) is 22.6 Å². The van der Waals surface area contributed by atoms with Crippen LogP contribution in [-0.2, 0) is 6.42 Å². The summed E-state index contributed by atoms with van der Waals surface area (Å²) in [4.78, 5) is 12.3. The topological polar surface area (TPSA) is 41.1 Å². The Bertz CT molecular complexity index is 783. The molecular formula is C23H34N4. The highest BCUT2D eigenvalue weighted by molar-refractivity contribution is 5.66. The van der Waals surface area contributed by atoms with E-state index in [2.05, 4.69) is 63.9 Å². The van der Waals surface area contributed by atoms with Crippen LogP contribution in [0.3, 0.4) is 0 Å². The standard InChI is InChI=1S/C23H34N4/c1-7-9-19(10-8-2)27-12-11-20-18(6)24-23(26-22(20)27)25-21-16(4)13-15(3)14-17(21)5/h13-14,19H,7-12H2,1-6H3,(H,24,25,26). The van der Waals surface area contributed by atoms with E-state index in [0.29, 0.717) is 6.04 Å². The third kappa shape index (κ3) is 4.10. The summed E-state index contributed by atoms with van der Waals surface area (Å²) >= 11 is 0. The lowest BCUT2D eigenvalue weighted by Crippen LogP contribution is -2.34. The number of anilines is 3. The lowest BCUT2D eigenvalue weighted by Gasteiger charge is -2.29. The van der Waals surface area contributed by atoms with E-state index >= 15 is 0 Å². The smallest absolute Gasteiger partial charge is 0.229 e. The van der Waals surface area contributed by atoms with E-state index in [1.165, 1.54) is 47.9 Å². The van der Waals surface area contributed by atoms with Crippen LogP contribution in [0.15, 0.2) is 12.1 Å². The summed E-state index contributed by atoms with van der Waals surface area (Å²) in [5.41, 5.74) is 7.33. The van der Waals surface area contributed by atoms with Crippen molar-refractivity contribution in [1.29, 1.82) is 0 Å². The number of nitrogens with zero attached hydrogens (tertiary/aromatic N) is 3. The van der Waals surface area contributed by atoms with Crippen LogP contribution >= 0.6 is 0 Å². The van der Waals surface area contributed by atoms with Gasteiger partial charge in [-0.2, -0.15) is 4.98 Å². The Kier molecular flexibility index (Phi) is 6.03. The van der Waals surface area contributed by atoms with Gasteiger partial charge in [0.2, 0.25) is 5.95 Å². The van der Waals surface area contributed by atoms with Gasteiger partial charge in [-0.3, -0.25) is 0 Å². The number of fused-ring (bicyclic) bond motifs is 1. The molecule has 4 nitrogen and oxygen atoms in total. The van der Waals surface area contributed by atoms with E-state index in [1.807, 2.05) is 0 Å². The van der Waals surface area contributed by atoms with Crippen LogP contribution in [0.4, 0.5) is 17.5 Å². The molecule has 0 aliphatic carbocycles. The minimum Gasteiger partial charge on any atom is -0.353 e. The van der Waals surface area contributed by atoms with Crippen LogP contribution in [0.2, 0.25) is 0 Å². The lowest BCUT2D eigenvalue weighted by molar-refractivity contribution is 0.511. The summed E-state index contributed by atoms with van der Waals surface area (Å²) in [5.74, 6) is 1.87. The van der Waals surface area contributed by atoms with E-state index < -0.39 is 0 Å². The van der Waals surface area contributed by atoms with Gasteiger partial charge in [0, 0.05) is 29.5 Å². The van der Waals surface area contributed by atoms with Crippen molar-refractivity contribution in [2.45, 2.75) is 79.7 Å². The molecule has 0 radical (unpaired) electrons. The van der Waals surface area contributed by atoms with E-state index in [1.54, 1.807) is 0 Å². The average Bonchev–Trinajstić information content (AvgIpc) is 3.02. The fourth-order valence-electron chi connectivity index (χ4n) is 4.47. The Morgan fingerprint density at radius 1 is 1.00 bits per heavy atom. The Morgan fingerprint density at radius 2 is 1.63 bits per heavy atom. The first-order chi connectivity index (χ1) is 12.9. The van der Waals surface area contributed by atoms with Gasteiger partial charge in [0.05, 0.1) is 0 Å². The van der Waals surface area contributed by atoms with Gasteiger partial charge in [-0.1, -0.05) is 44.4 Å². The highest BCUT2D eigenvalue weighted by atomic mass is 15.3. The summed E-state index contributed by atoms with van der Waals surface area (Å²) < 4.78 is 0. The van der Waals surface area contributed by atoms with Gasteiger partial charge in [-0.05, 0) is 58.1 Å². The number of hydrogen-bond acceptors (Lipinski definition) is 4. The number of hydrogen-bond donors (Lipinski definition) is 1. The van der Waals surface area contributed by atoms with Crippen LogP contribution in [0.1, 0.15) is 67.5 Å². The molecule has 1 N–H and O–H groups in total. The second-order valence-electron chi connectivity index (χ2n) is 8.01. The van der Waals surface area contributed by atoms with Gasteiger partial charge in [0.25, 0.3) is 0 Å². The lowest BCUT2D eigenvalue weighted by atomic mass is 10.1. The quantitative estimate of drug-likeness (QED) is 0.674. The molecule has 1 aromatic heterocycles. The van der Waals surface area contributed by atoms with Gasteiger partial charge in [0.15, 0.2) is 0 Å². The largest absolute Gasteiger partial charge is 0.353 e. The molecule has 1 aromatic carbocycles. The predicted molar refractivity (Wildman–Crippen MR) is 115 cm³/mol. The van der Waals surface area contributed by atoms with Gasteiger partial charge < -0.3 is 10.2 Å². The third-order valence-corrected chi connectivity index (χ3v) is 5.67. The van der Waals surface area contributed by atoms with E-state index in [0.717, 1.165) is 36.1 Å². The summed E-state index contributed by atoms with van der Waals surface area (Å²) in [6.45, 7) is 14.2. The van der Waals surface area contributed by atoms with Gasteiger partial charge in [-0.25, -0.2) is 4.98 Å². The first-order valence-electron chi connectivity index (χ1n) is 10.4. The first-order valence-corrected chi connectivity index (χ1v) is 10.4. The molecule has 2 heterocycles. The van der Waals surface area contributed by atoms with Crippen molar-refractivity contribution < 1.29 is 0 Å². The van der Waals surface area contributed by atoms with Crippen molar-refractivity contribution in [2.24, 2.45) is 0 Å². The maximum absolute atomic E-state index is 4.98. The molecule has 0 amide bonds. The number of rotatable bonds is 7. The van der Waals surface area contributed by atoms with Crippen molar-refractivity contribution in [3.63, 3.8) is 0 Å². The monoisotopic (exact) mass is 366 g/mol. The molecule has 4 heteroatoms. The van der Waals surface area contributed by atoms with Crippen molar-refractivity contribution >= 4 is 17.5 Å². The van der Waals surface area contributed by atoms with Crippen LogP contribution in [0.25, 0.3) is 0 Å². The maximum Gasteiger partial charge on any atom is 0.229 e. The van der Waals surface area contributed by atoms with Crippen molar-refractivity contribution in [2.75, 3.05) is 16.8 Å². The summed E-state index contributed by atoms with van der Waals surface area (Å²) in [5, 5.41) is 3.51. The van der Waals surface area contributed by atoms with E-state index in [-0.39, 0.29) is 0 Å². The normalized spacial score (nSPS) is 13.4. The Balaban J connectivity index is 1.94. The third-order valence-electron chi connectivity index (χ3n) is 5.67. The zero-order valence-corrected chi connectivity index (χ0v) is 17.8. The highest BCUT2D eigenvalue weighted by Crippen LogP contribution is 2.34. The molecule has 1 aliphatic heterocycles. The second kappa shape index (κ2) is 8.28. The predicted octanol–water partition coefficient (Wildman–Crippen LogP) is 5.79. The minimum absolute atomic E-state index is 0.589. The highest BCUT2D eigenvalue weighted by Gasteiger charge is 2.29. The van der Waals surface area contributed by atoms with Crippen LogP contribution in [0, 0.1) is 27.7 Å². The fourth-order valence-corrected chi connectivity index (χ4v) is 4.47. The molecule has 0 unspecified atom stereocenters. The molecule has 0 atom stereocenters. The molecule has 1 aliphatic rings. The van der Waals surface area contributed by atoms with Gasteiger partial charge in [-0.15, -0.1) is 0 Å². The SMILES string of the molecule is CCCC(CCC)N1CCc2c(C)nc(Nc3c(C)cc(C)cc3C)nc21. The molecule has 0 spiro atoms. The van der Waals surface area contributed by atoms with E-state index in [9.17, 15) is 0 Å². The molecule has 0 bridgehead atoms. The minimum atomic E-state index is 0.589.